The second-order valence-electron chi connectivity index (χ2n) is 13.5. The normalized spacial score (nSPS) is 16.1. The average Bonchev–Trinajstić information content (AvgIpc) is 3.81. The predicted molar refractivity (Wildman–Crippen MR) is 194 cm³/mol. The molecule has 51 heavy (non-hydrogen) atoms. The van der Waals surface area contributed by atoms with Crippen molar-refractivity contribution in [1.82, 2.24) is 15.0 Å². The van der Waals surface area contributed by atoms with Gasteiger partial charge in [-0.15, -0.1) is 0 Å². The van der Waals surface area contributed by atoms with Crippen molar-refractivity contribution < 1.29 is 26.9 Å². The van der Waals surface area contributed by atoms with Gasteiger partial charge in [0.05, 0.1) is 11.4 Å². The van der Waals surface area contributed by atoms with E-state index >= 15 is 4.39 Å². The van der Waals surface area contributed by atoms with Crippen molar-refractivity contribution in [3.63, 3.8) is 0 Å². The molecule has 6 rings (SSSR count). The summed E-state index contributed by atoms with van der Waals surface area (Å²) in [4.78, 5) is 35.4. The van der Waals surface area contributed by atoms with Crippen LogP contribution in [0.15, 0.2) is 87.2 Å². The van der Waals surface area contributed by atoms with Gasteiger partial charge in [0.2, 0.25) is 6.17 Å². The van der Waals surface area contributed by atoms with Gasteiger partial charge in [-0.2, -0.15) is 0 Å². The van der Waals surface area contributed by atoms with Crippen LogP contribution in [0.25, 0.3) is 11.1 Å². The van der Waals surface area contributed by atoms with Crippen molar-refractivity contribution in [1.29, 1.82) is 0 Å². The Morgan fingerprint density at radius 1 is 1.04 bits per heavy atom. The number of alkyl halides is 1. The lowest BCUT2D eigenvalue weighted by atomic mass is 9.95. The number of benzene rings is 3. The SMILES string of the molecule is CCCCC1=NC2(CCCC2)C(=O)N1Cc1ccc(-c2ccccc2S(=O)(=O)Nc2noc(C)c2C)c(CN(C)C(=O)C(F)c2ccccc2)c1. The molecule has 1 saturated carbocycles. The largest absolute Gasteiger partial charge is 0.359 e. The lowest BCUT2D eigenvalue weighted by Crippen LogP contribution is -2.40. The van der Waals surface area contributed by atoms with Gasteiger partial charge in [0, 0.05) is 31.1 Å². The topological polar surface area (TPSA) is 125 Å². The maximum atomic E-state index is 15.5. The second kappa shape index (κ2) is 14.8. The third-order valence-corrected chi connectivity index (χ3v) is 11.3. The third kappa shape index (κ3) is 7.33. The van der Waals surface area contributed by atoms with Gasteiger partial charge in [-0.05, 0) is 61.4 Å². The first-order valence-corrected chi connectivity index (χ1v) is 18.9. The van der Waals surface area contributed by atoms with Crippen molar-refractivity contribution >= 4 is 33.5 Å². The molecule has 10 nitrogen and oxygen atoms in total. The Balaban J connectivity index is 1.38. The van der Waals surface area contributed by atoms with Crippen molar-refractivity contribution in [2.75, 3.05) is 11.8 Å². The number of nitrogens with zero attached hydrogens (tertiary/aromatic N) is 4. The maximum Gasteiger partial charge on any atom is 0.263 e. The van der Waals surface area contributed by atoms with E-state index in [1.807, 2.05) is 18.2 Å². The summed E-state index contributed by atoms with van der Waals surface area (Å²) in [6.45, 7) is 5.77. The number of aliphatic imine (C=N–C) groups is 1. The van der Waals surface area contributed by atoms with Crippen molar-refractivity contribution in [3.05, 3.63) is 101 Å². The van der Waals surface area contributed by atoms with Gasteiger partial charge in [-0.25, -0.2) is 12.8 Å². The van der Waals surface area contributed by atoms with E-state index in [9.17, 15) is 18.0 Å². The van der Waals surface area contributed by atoms with Gasteiger partial charge in [0.15, 0.2) is 5.82 Å². The molecule has 0 saturated heterocycles. The highest BCUT2D eigenvalue weighted by molar-refractivity contribution is 7.92. The molecule has 1 N–H and O–H groups in total. The van der Waals surface area contributed by atoms with Crippen molar-refractivity contribution in [2.24, 2.45) is 4.99 Å². The molecule has 4 aromatic rings. The summed E-state index contributed by atoms with van der Waals surface area (Å²) in [7, 11) is -2.63. The molecule has 1 aliphatic heterocycles. The first-order chi connectivity index (χ1) is 24.4. The molecule has 2 aliphatic rings. The van der Waals surface area contributed by atoms with Crippen LogP contribution in [0, 0.1) is 13.8 Å². The van der Waals surface area contributed by atoms with E-state index < -0.39 is 27.6 Å². The number of sulfonamides is 1. The summed E-state index contributed by atoms with van der Waals surface area (Å²) in [6.07, 6.45) is 4.13. The Bertz CT molecular complexity index is 2060. The fraction of sp³-hybridized carbons (Fsp3) is 0.385. The van der Waals surface area contributed by atoms with Crippen LogP contribution in [0.2, 0.25) is 0 Å². The fourth-order valence-corrected chi connectivity index (χ4v) is 8.21. The molecule has 0 radical (unpaired) electrons. The lowest BCUT2D eigenvalue weighted by molar-refractivity contribution is -0.136. The molecule has 2 amide bonds. The van der Waals surface area contributed by atoms with Gasteiger partial charge in [0.1, 0.15) is 17.1 Å². The van der Waals surface area contributed by atoms with E-state index in [2.05, 4.69) is 16.8 Å². The second-order valence-corrected chi connectivity index (χ2v) is 15.2. The number of carbonyl (C=O) groups excluding carboxylic acids is 2. The summed E-state index contributed by atoms with van der Waals surface area (Å²) >= 11 is 0. The van der Waals surface area contributed by atoms with Gasteiger partial charge in [-0.1, -0.05) is 98.1 Å². The molecule has 1 aromatic heterocycles. The number of amides is 2. The highest BCUT2D eigenvalue weighted by Crippen LogP contribution is 2.41. The van der Waals surface area contributed by atoms with Crippen LogP contribution in [0.5, 0.6) is 0 Å². The minimum atomic E-state index is -4.16. The molecule has 12 heteroatoms. The van der Waals surface area contributed by atoms with E-state index in [1.165, 1.54) is 18.0 Å². The number of hydrogen-bond acceptors (Lipinski definition) is 7. The molecule has 1 unspecified atom stereocenters. The van der Waals surface area contributed by atoms with Crippen LogP contribution < -0.4 is 4.72 Å². The fourth-order valence-electron chi connectivity index (χ4n) is 6.93. The summed E-state index contributed by atoms with van der Waals surface area (Å²) in [6, 6.07) is 20.4. The minimum Gasteiger partial charge on any atom is -0.359 e. The summed E-state index contributed by atoms with van der Waals surface area (Å²) in [5.74, 6) is 0.670. The third-order valence-electron chi connectivity index (χ3n) is 9.94. The van der Waals surface area contributed by atoms with Crippen LogP contribution >= 0.6 is 0 Å². The van der Waals surface area contributed by atoms with Crippen LogP contribution in [-0.4, -0.2) is 53.6 Å². The summed E-state index contributed by atoms with van der Waals surface area (Å²) < 4.78 is 51.0. The molecule has 2 heterocycles. The first kappa shape index (κ1) is 36.0. The van der Waals surface area contributed by atoms with Crippen LogP contribution in [-0.2, 0) is 32.7 Å². The Kier molecular flexibility index (Phi) is 10.4. The standard InChI is InChI=1S/C39H44FN5O5S/c1-5-6-18-34-41-39(21-12-13-22-39)38(47)45(34)24-28-19-20-31(30(23-28)25-44(4)37(46)35(40)29-14-8-7-9-15-29)32-16-10-11-17-33(32)51(48,49)43-36-26(2)27(3)50-42-36/h7-11,14-17,19-20,23,35H,5-6,12-13,18,21-22,24-25H2,1-4H3,(H,42,43). The number of hydrogen-bond donors (Lipinski definition) is 1. The first-order valence-electron chi connectivity index (χ1n) is 17.5. The molecule has 0 bridgehead atoms. The maximum absolute atomic E-state index is 15.5. The van der Waals surface area contributed by atoms with E-state index in [1.54, 1.807) is 67.3 Å². The van der Waals surface area contributed by atoms with E-state index in [0.717, 1.165) is 49.9 Å². The number of unbranched alkanes of at least 4 members (excludes halogenated alkanes) is 1. The van der Waals surface area contributed by atoms with Crippen LogP contribution in [0.3, 0.4) is 0 Å². The number of rotatable bonds is 13. The Morgan fingerprint density at radius 2 is 1.75 bits per heavy atom. The quantitative estimate of drug-likeness (QED) is 0.152. The Labute approximate surface area is 298 Å². The zero-order chi connectivity index (χ0) is 36.3. The molecular formula is C39H44FN5O5S. The van der Waals surface area contributed by atoms with Crippen molar-refractivity contribution in [3.8, 4) is 11.1 Å². The van der Waals surface area contributed by atoms with Crippen molar-refractivity contribution in [2.45, 2.75) is 95.4 Å². The minimum absolute atomic E-state index is 0.00688. The van der Waals surface area contributed by atoms with Gasteiger partial charge >= 0.3 is 0 Å². The van der Waals surface area contributed by atoms with E-state index in [4.69, 9.17) is 9.52 Å². The van der Waals surface area contributed by atoms with Gasteiger partial charge in [0.25, 0.3) is 21.8 Å². The Hall–Kier alpha value is -4.84. The molecule has 1 atom stereocenters. The number of aryl methyl sites for hydroxylation is 1. The molecular weight excluding hydrogens is 670 g/mol. The number of carbonyl (C=O) groups is 2. The summed E-state index contributed by atoms with van der Waals surface area (Å²) in [5.41, 5.74) is 2.44. The monoisotopic (exact) mass is 713 g/mol. The van der Waals surface area contributed by atoms with E-state index in [-0.39, 0.29) is 35.3 Å². The molecule has 268 valence electrons. The lowest BCUT2D eigenvalue weighted by Gasteiger charge is -2.25. The number of anilines is 1. The molecule has 3 aromatic carbocycles. The average molecular weight is 714 g/mol. The Morgan fingerprint density at radius 3 is 2.43 bits per heavy atom. The molecule has 1 fully saturated rings. The number of likely N-dealkylation sites (N-methyl/N-ethyl adjacent to an activating group) is 1. The van der Waals surface area contributed by atoms with E-state index in [0.29, 0.717) is 34.4 Å². The molecule has 1 aliphatic carbocycles. The number of nitrogens with one attached hydrogen (secondary N) is 1. The number of amidine groups is 1. The summed E-state index contributed by atoms with van der Waals surface area (Å²) in [5, 5.41) is 3.88. The smallest absolute Gasteiger partial charge is 0.263 e. The van der Waals surface area contributed by atoms with Crippen LogP contribution in [0.1, 0.15) is 86.1 Å². The zero-order valence-electron chi connectivity index (χ0n) is 29.5. The highest BCUT2D eigenvalue weighted by atomic mass is 32.2. The number of aromatic nitrogens is 1. The highest BCUT2D eigenvalue weighted by Gasteiger charge is 2.49. The van der Waals surface area contributed by atoms with Crippen LogP contribution in [0.4, 0.5) is 10.2 Å². The molecule has 1 spiro atoms. The van der Waals surface area contributed by atoms with Gasteiger partial charge in [-0.3, -0.25) is 24.2 Å². The van der Waals surface area contributed by atoms with Gasteiger partial charge < -0.3 is 9.42 Å². The zero-order valence-corrected chi connectivity index (χ0v) is 30.3. The predicted octanol–water partition coefficient (Wildman–Crippen LogP) is 7.67. The number of halogens is 1.